The topological polar surface area (TPSA) is 38.5 Å². The second-order valence-electron chi connectivity index (χ2n) is 4.35. The van der Waals surface area contributed by atoms with Gasteiger partial charge in [-0.3, -0.25) is 0 Å². The SMILES string of the molecule is CCN(CC)CCOc1ccc([C@@H](C)N)cc1F. The lowest BCUT2D eigenvalue weighted by molar-refractivity contribution is 0.217. The van der Waals surface area contributed by atoms with E-state index in [1.807, 2.05) is 6.92 Å². The van der Waals surface area contributed by atoms with Gasteiger partial charge in [0.25, 0.3) is 0 Å². The monoisotopic (exact) mass is 254 g/mol. The van der Waals surface area contributed by atoms with Crippen LogP contribution in [-0.4, -0.2) is 31.1 Å². The van der Waals surface area contributed by atoms with Crippen LogP contribution in [-0.2, 0) is 0 Å². The zero-order chi connectivity index (χ0) is 13.5. The number of hydrogen-bond acceptors (Lipinski definition) is 3. The van der Waals surface area contributed by atoms with Crippen LogP contribution in [0, 0.1) is 5.82 Å². The van der Waals surface area contributed by atoms with Gasteiger partial charge in [0.1, 0.15) is 6.61 Å². The number of hydrogen-bond donors (Lipinski definition) is 1. The van der Waals surface area contributed by atoms with Crippen molar-refractivity contribution >= 4 is 0 Å². The highest BCUT2D eigenvalue weighted by Crippen LogP contribution is 2.21. The third-order valence-corrected chi connectivity index (χ3v) is 3.04. The molecule has 0 aliphatic rings. The fourth-order valence-corrected chi connectivity index (χ4v) is 1.74. The Bertz CT molecular complexity index is 365. The van der Waals surface area contributed by atoms with E-state index in [-0.39, 0.29) is 11.9 Å². The normalized spacial score (nSPS) is 12.8. The Kier molecular flexibility index (Phi) is 6.09. The van der Waals surface area contributed by atoms with Crippen molar-refractivity contribution in [3.8, 4) is 5.75 Å². The van der Waals surface area contributed by atoms with E-state index in [1.165, 1.54) is 6.07 Å². The van der Waals surface area contributed by atoms with Crippen LogP contribution in [0.3, 0.4) is 0 Å². The molecule has 0 aliphatic carbocycles. The highest BCUT2D eigenvalue weighted by Gasteiger charge is 2.07. The second-order valence-corrected chi connectivity index (χ2v) is 4.35. The maximum absolute atomic E-state index is 13.7. The summed E-state index contributed by atoms with van der Waals surface area (Å²) in [5.41, 5.74) is 6.48. The summed E-state index contributed by atoms with van der Waals surface area (Å²) >= 11 is 0. The molecule has 0 radical (unpaired) electrons. The molecule has 102 valence electrons. The molecule has 0 fully saturated rings. The maximum Gasteiger partial charge on any atom is 0.165 e. The maximum atomic E-state index is 13.7. The molecule has 0 saturated heterocycles. The lowest BCUT2D eigenvalue weighted by Crippen LogP contribution is -2.28. The van der Waals surface area contributed by atoms with Crippen molar-refractivity contribution in [3.63, 3.8) is 0 Å². The Hall–Kier alpha value is -1.13. The van der Waals surface area contributed by atoms with Gasteiger partial charge in [-0.05, 0) is 37.7 Å². The van der Waals surface area contributed by atoms with E-state index in [2.05, 4.69) is 18.7 Å². The average molecular weight is 254 g/mol. The number of benzene rings is 1. The number of ether oxygens (including phenoxy) is 1. The van der Waals surface area contributed by atoms with Gasteiger partial charge in [0.15, 0.2) is 11.6 Å². The summed E-state index contributed by atoms with van der Waals surface area (Å²) in [6, 6.07) is 4.73. The largest absolute Gasteiger partial charge is 0.489 e. The van der Waals surface area contributed by atoms with Gasteiger partial charge < -0.3 is 15.4 Å². The molecule has 1 atom stereocenters. The van der Waals surface area contributed by atoms with E-state index in [0.717, 1.165) is 25.2 Å². The van der Waals surface area contributed by atoms with Gasteiger partial charge in [-0.2, -0.15) is 0 Å². The van der Waals surface area contributed by atoms with Crippen molar-refractivity contribution in [1.29, 1.82) is 0 Å². The first kappa shape index (κ1) is 14.9. The Morgan fingerprint density at radius 2 is 2.00 bits per heavy atom. The van der Waals surface area contributed by atoms with Crippen molar-refractivity contribution in [2.75, 3.05) is 26.2 Å². The minimum absolute atomic E-state index is 0.163. The molecule has 1 rings (SSSR count). The van der Waals surface area contributed by atoms with E-state index >= 15 is 0 Å². The third-order valence-electron chi connectivity index (χ3n) is 3.04. The van der Waals surface area contributed by atoms with Crippen molar-refractivity contribution in [2.24, 2.45) is 5.73 Å². The molecule has 1 aromatic carbocycles. The zero-order valence-electron chi connectivity index (χ0n) is 11.4. The molecule has 18 heavy (non-hydrogen) atoms. The highest BCUT2D eigenvalue weighted by molar-refractivity contribution is 5.30. The fraction of sp³-hybridized carbons (Fsp3) is 0.571. The summed E-state index contributed by atoms with van der Waals surface area (Å²) in [5, 5.41) is 0. The van der Waals surface area contributed by atoms with Gasteiger partial charge in [0.05, 0.1) is 0 Å². The fourth-order valence-electron chi connectivity index (χ4n) is 1.74. The third kappa shape index (κ3) is 4.27. The molecule has 0 aliphatic heterocycles. The standard InChI is InChI=1S/C14H23FN2O/c1-4-17(5-2)8-9-18-14-7-6-12(11(3)16)10-13(14)15/h6-7,10-11H,4-5,8-9,16H2,1-3H3/t11-/m1/s1. The van der Waals surface area contributed by atoms with E-state index in [0.29, 0.717) is 12.4 Å². The van der Waals surface area contributed by atoms with Crippen LogP contribution in [0.15, 0.2) is 18.2 Å². The minimum Gasteiger partial charge on any atom is -0.489 e. The molecule has 0 aromatic heterocycles. The van der Waals surface area contributed by atoms with E-state index in [4.69, 9.17) is 10.5 Å². The molecule has 1 aromatic rings. The summed E-state index contributed by atoms with van der Waals surface area (Å²) in [5.74, 6) is -0.0455. The molecule has 0 saturated carbocycles. The Labute approximate surface area is 109 Å². The van der Waals surface area contributed by atoms with Crippen molar-refractivity contribution in [2.45, 2.75) is 26.8 Å². The van der Waals surface area contributed by atoms with Crippen LogP contribution in [0.5, 0.6) is 5.75 Å². The van der Waals surface area contributed by atoms with Crippen LogP contribution in [0.2, 0.25) is 0 Å². The van der Waals surface area contributed by atoms with Crippen LogP contribution in [0.1, 0.15) is 32.4 Å². The van der Waals surface area contributed by atoms with Gasteiger partial charge in [0, 0.05) is 12.6 Å². The summed E-state index contributed by atoms with van der Waals surface area (Å²) in [4.78, 5) is 2.23. The molecule has 2 N–H and O–H groups in total. The van der Waals surface area contributed by atoms with Crippen LogP contribution in [0.4, 0.5) is 4.39 Å². The van der Waals surface area contributed by atoms with E-state index in [1.54, 1.807) is 12.1 Å². The molecular formula is C14H23FN2O. The second kappa shape index (κ2) is 7.34. The number of nitrogens with two attached hydrogens (primary N) is 1. The minimum atomic E-state index is -0.343. The highest BCUT2D eigenvalue weighted by atomic mass is 19.1. The number of likely N-dealkylation sites (N-methyl/N-ethyl adjacent to an activating group) is 1. The molecule has 0 spiro atoms. The molecule has 3 nitrogen and oxygen atoms in total. The first-order valence-corrected chi connectivity index (χ1v) is 6.48. The van der Waals surface area contributed by atoms with Crippen LogP contribution >= 0.6 is 0 Å². The zero-order valence-corrected chi connectivity index (χ0v) is 11.4. The van der Waals surface area contributed by atoms with Gasteiger partial charge in [-0.1, -0.05) is 19.9 Å². The quantitative estimate of drug-likeness (QED) is 0.812. The van der Waals surface area contributed by atoms with Crippen LogP contribution in [0.25, 0.3) is 0 Å². The average Bonchev–Trinajstić information content (AvgIpc) is 2.36. The smallest absolute Gasteiger partial charge is 0.165 e. The predicted octanol–water partition coefficient (Wildman–Crippen LogP) is 2.57. The molecule has 4 heteroatoms. The number of nitrogens with zero attached hydrogens (tertiary/aromatic N) is 1. The predicted molar refractivity (Wildman–Crippen MR) is 72.3 cm³/mol. The summed E-state index contributed by atoms with van der Waals surface area (Å²) in [6.07, 6.45) is 0. The summed E-state index contributed by atoms with van der Waals surface area (Å²) in [7, 11) is 0. The van der Waals surface area contributed by atoms with Gasteiger partial charge >= 0.3 is 0 Å². The van der Waals surface area contributed by atoms with Gasteiger partial charge in [0.2, 0.25) is 0 Å². The molecule has 0 bridgehead atoms. The first-order valence-electron chi connectivity index (χ1n) is 6.48. The summed E-state index contributed by atoms with van der Waals surface area (Å²) in [6.45, 7) is 9.29. The molecule has 0 unspecified atom stereocenters. The number of rotatable bonds is 7. The molecule has 0 heterocycles. The van der Waals surface area contributed by atoms with Gasteiger partial charge in [-0.15, -0.1) is 0 Å². The van der Waals surface area contributed by atoms with Gasteiger partial charge in [-0.25, -0.2) is 4.39 Å². The van der Waals surface area contributed by atoms with E-state index in [9.17, 15) is 4.39 Å². The lowest BCUT2D eigenvalue weighted by atomic mass is 10.1. The summed E-state index contributed by atoms with van der Waals surface area (Å²) < 4.78 is 19.2. The van der Waals surface area contributed by atoms with Crippen molar-refractivity contribution in [1.82, 2.24) is 4.90 Å². The lowest BCUT2D eigenvalue weighted by Gasteiger charge is -2.18. The molecule has 0 amide bonds. The van der Waals surface area contributed by atoms with Crippen molar-refractivity contribution in [3.05, 3.63) is 29.6 Å². The first-order chi connectivity index (χ1) is 8.58. The Balaban J connectivity index is 2.53. The Morgan fingerprint density at radius 3 is 2.50 bits per heavy atom. The van der Waals surface area contributed by atoms with Crippen molar-refractivity contribution < 1.29 is 9.13 Å². The van der Waals surface area contributed by atoms with E-state index < -0.39 is 0 Å². The molecular weight excluding hydrogens is 231 g/mol. The number of halogens is 1. The van der Waals surface area contributed by atoms with Crippen LogP contribution < -0.4 is 10.5 Å². The Morgan fingerprint density at radius 1 is 1.33 bits per heavy atom.